The number of allylic oxidation sites excluding steroid dienone is 1. The van der Waals surface area contributed by atoms with E-state index in [9.17, 15) is 0 Å². The fraction of sp³-hybridized carbons (Fsp3) is 0.556. The Hall–Kier alpha value is -0.870. The van der Waals surface area contributed by atoms with E-state index in [2.05, 4.69) is 22.4 Å². The van der Waals surface area contributed by atoms with E-state index in [-0.39, 0.29) is 6.04 Å². The molecule has 1 unspecified atom stereocenters. The second-order valence-corrected chi connectivity index (χ2v) is 3.36. The molecule has 1 aromatic rings. The van der Waals surface area contributed by atoms with Crippen LogP contribution in [0.1, 0.15) is 18.8 Å². The zero-order chi connectivity index (χ0) is 10.4. The Morgan fingerprint density at radius 3 is 3.00 bits per heavy atom. The summed E-state index contributed by atoms with van der Waals surface area (Å²) in [5, 5.41) is 11.1. The number of nitrogens with one attached hydrogen (secondary N) is 1. The van der Waals surface area contributed by atoms with Gasteiger partial charge in [0.05, 0.1) is 6.04 Å². The third-order valence-corrected chi connectivity index (χ3v) is 2.11. The zero-order valence-corrected chi connectivity index (χ0v) is 9.20. The number of hydrogen-bond acceptors (Lipinski definition) is 3. The summed E-state index contributed by atoms with van der Waals surface area (Å²) in [6.07, 6.45) is 5.61. The van der Waals surface area contributed by atoms with Gasteiger partial charge < -0.3 is 9.88 Å². The van der Waals surface area contributed by atoms with Crippen LogP contribution in [-0.2, 0) is 7.05 Å². The lowest BCUT2D eigenvalue weighted by Crippen LogP contribution is -2.21. The number of aryl methyl sites for hydroxylation is 1. The van der Waals surface area contributed by atoms with Gasteiger partial charge in [0.25, 0.3) is 0 Å². The quantitative estimate of drug-likeness (QED) is 0.593. The van der Waals surface area contributed by atoms with Gasteiger partial charge in [0, 0.05) is 19.5 Å². The fourth-order valence-corrected chi connectivity index (χ4v) is 1.29. The molecule has 0 amide bonds. The maximum Gasteiger partial charge on any atom is 0.149 e. The second kappa shape index (κ2) is 5.78. The van der Waals surface area contributed by atoms with Gasteiger partial charge in [-0.15, -0.1) is 21.8 Å². The molecule has 0 spiro atoms. The Bertz CT molecular complexity index is 295. The molecule has 0 aliphatic rings. The first-order valence-corrected chi connectivity index (χ1v) is 5.07. The van der Waals surface area contributed by atoms with Gasteiger partial charge in [0.2, 0.25) is 0 Å². The van der Waals surface area contributed by atoms with Gasteiger partial charge in [0.1, 0.15) is 12.2 Å². The third-order valence-electron chi connectivity index (χ3n) is 1.93. The summed E-state index contributed by atoms with van der Waals surface area (Å²) < 4.78 is 1.91. The molecule has 0 saturated carbocycles. The topological polar surface area (TPSA) is 42.7 Å². The number of rotatable bonds is 5. The molecule has 0 aromatic carbocycles. The largest absolute Gasteiger partial charge is 0.319 e. The van der Waals surface area contributed by atoms with E-state index in [4.69, 9.17) is 11.6 Å². The van der Waals surface area contributed by atoms with Gasteiger partial charge in [-0.2, -0.15) is 0 Å². The van der Waals surface area contributed by atoms with Crippen molar-refractivity contribution in [2.45, 2.75) is 13.0 Å². The Balaban J connectivity index is 2.39. The van der Waals surface area contributed by atoms with Gasteiger partial charge in [0.15, 0.2) is 0 Å². The summed E-state index contributed by atoms with van der Waals surface area (Å²) in [5.41, 5.74) is 0. The molecule has 0 saturated heterocycles. The minimum absolute atomic E-state index is 0.197. The monoisotopic (exact) mass is 214 g/mol. The first-order chi connectivity index (χ1) is 6.75. The molecule has 1 atom stereocenters. The van der Waals surface area contributed by atoms with E-state index in [1.807, 2.05) is 23.8 Å². The molecule has 1 N–H and O–H groups in total. The minimum Gasteiger partial charge on any atom is -0.319 e. The highest BCUT2D eigenvalue weighted by molar-refractivity contribution is 6.18. The molecule has 0 fully saturated rings. The average Bonchev–Trinajstić information content (AvgIpc) is 2.59. The van der Waals surface area contributed by atoms with Crippen molar-refractivity contribution in [2.75, 3.05) is 12.4 Å². The van der Waals surface area contributed by atoms with Crippen molar-refractivity contribution in [3.8, 4) is 0 Å². The van der Waals surface area contributed by atoms with Crippen LogP contribution in [-0.4, -0.2) is 27.2 Å². The fourth-order valence-electron chi connectivity index (χ4n) is 1.17. The van der Waals surface area contributed by atoms with Crippen molar-refractivity contribution >= 4 is 11.6 Å². The maximum atomic E-state index is 5.50. The van der Waals surface area contributed by atoms with E-state index in [1.165, 1.54) is 0 Å². The smallest absolute Gasteiger partial charge is 0.149 e. The zero-order valence-electron chi connectivity index (χ0n) is 8.44. The predicted octanol–water partition coefficient (Wildman–Crippen LogP) is 1.26. The van der Waals surface area contributed by atoms with E-state index >= 15 is 0 Å². The highest BCUT2D eigenvalue weighted by Crippen LogP contribution is 2.05. The van der Waals surface area contributed by atoms with E-state index in [0.717, 1.165) is 12.4 Å². The molecule has 5 heteroatoms. The number of hydrogen-bond donors (Lipinski definition) is 1. The Morgan fingerprint density at radius 1 is 1.64 bits per heavy atom. The summed E-state index contributed by atoms with van der Waals surface area (Å²) in [7, 11) is 1.93. The molecular weight excluding hydrogens is 200 g/mol. The van der Waals surface area contributed by atoms with Crippen molar-refractivity contribution in [1.29, 1.82) is 0 Å². The first kappa shape index (κ1) is 11.2. The third kappa shape index (κ3) is 3.12. The molecule has 0 bridgehead atoms. The van der Waals surface area contributed by atoms with Crippen LogP contribution in [0.4, 0.5) is 0 Å². The van der Waals surface area contributed by atoms with Crippen molar-refractivity contribution in [2.24, 2.45) is 7.05 Å². The van der Waals surface area contributed by atoms with Crippen LogP contribution in [0.25, 0.3) is 0 Å². The minimum atomic E-state index is 0.197. The molecule has 0 aliphatic carbocycles. The standard InChI is InChI=1S/C9H15ClN4/c1-8(11-6-4-3-5-10)9-13-12-7-14(9)2/h3-4,7-8,11H,5-6H2,1-2H3/b4-3+. The van der Waals surface area contributed by atoms with Crippen LogP contribution in [0.5, 0.6) is 0 Å². The highest BCUT2D eigenvalue weighted by atomic mass is 35.5. The Morgan fingerprint density at radius 2 is 2.43 bits per heavy atom. The van der Waals surface area contributed by atoms with Crippen LogP contribution in [0.2, 0.25) is 0 Å². The van der Waals surface area contributed by atoms with Gasteiger partial charge in [-0.3, -0.25) is 0 Å². The normalized spacial score (nSPS) is 13.6. The summed E-state index contributed by atoms with van der Waals surface area (Å²) in [6.45, 7) is 2.85. The van der Waals surface area contributed by atoms with Gasteiger partial charge in [-0.05, 0) is 6.92 Å². The predicted molar refractivity (Wildman–Crippen MR) is 57.3 cm³/mol. The molecular formula is C9H15ClN4. The summed E-state index contributed by atoms with van der Waals surface area (Å²) >= 11 is 5.50. The molecule has 0 radical (unpaired) electrons. The average molecular weight is 215 g/mol. The molecule has 1 rings (SSSR count). The van der Waals surface area contributed by atoms with E-state index < -0.39 is 0 Å². The molecule has 14 heavy (non-hydrogen) atoms. The highest BCUT2D eigenvalue weighted by Gasteiger charge is 2.08. The SMILES string of the molecule is CC(NC/C=C/CCl)c1nncn1C. The van der Waals surface area contributed by atoms with Gasteiger partial charge >= 0.3 is 0 Å². The summed E-state index contributed by atoms with van der Waals surface area (Å²) in [5.74, 6) is 1.49. The van der Waals surface area contributed by atoms with Crippen LogP contribution < -0.4 is 5.32 Å². The van der Waals surface area contributed by atoms with E-state index in [1.54, 1.807) is 6.33 Å². The lowest BCUT2D eigenvalue weighted by Gasteiger charge is -2.10. The van der Waals surface area contributed by atoms with Crippen molar-refractivity contribution in [3.05, 3.63) is 24.3 Å². The van der Waals surface area contributed by atoms with Crippen molar-refractivity contribution in [1.82, 2.24) is 20.1 Å². The van der Waals surface area contributed by atoms with Crippen molar-refractivity contribution < 1.29 is 0 Å². The molecule has 78 valence electrons. The van der Waals surface area contributed by atoms with Crippen LogP contribution in [0.15, 0.2) is 18.5 Å². The molecule has 0 aliphatic heterocycles. The first-order valence-electron chi connectivity index (χ1n) is 4.54. The lowest BCUT2D eigenvalue weighted by molar-refractivity contribution is 0.559. The Labute approximate surface area is 89.0 Å². The number of nitrogens with zero attached hydrogens (tertiary/aromatic N) is 3. The molecule has 1 heterocycles. The van der Waals surface area contributed by atoms with Crippen molar-refractivity contribution in [3.63, 3.8) is 0 Å². The van der Waals surface area contributed by atoms with Gasteiger partial charge in [-0.25, -0.2) is 0 Å². The van der Waals surface area contributed by atoms with Crippen LogP contribution in [0.3, 0.4) is 0 Å². The summed E-state index contributed by atoms with van der Waals surface area (Å²) in [6, 6.07) is 0.197. The van der Waals surface area contributed by atoms with E-state index in [0.29, 0.717) is 5.88 Å². The van der Waals surface area contributed by atoms with Crippen LogP contribution >= 0.6 is 11.6 Å². The number of halogens is 1. The maximum absolute atomic E-state index is 5.50. The molecule has 1 aromatic heterocycles. The van der Waals surface area contributed by atoms with Crippen LogP contribution in [0, 0.1) is 0 Å². The molecule has 4 nitrogen and oxygen atoms in total. The second-order valence-electron chi connectivity index (χ2n) is 3.06. The van der Waals surface area contributed by atoms with Gasteiger partial charge in [-0.1, -0.05) is 12.2 Å². The number of alkyl halides is 1. The Kier molecular flexibility index (Phi) is 4.62. The summed E-state index contributed by atoms with van der Waals surface area (Å²) in [4.78, 5) is 0. The lowest BCUT2D eigenvalue weighted by atomic mass is 10.3. The number of aromatic nitrogens is 3.